The van der Waals surface area contributed by atoms with Crippen LogP contribution in [0.25, 0.3) is 6.08 Å². The molecule has 2 aromatic rings. The molecule has 5 nitrogen and oxygen atoms in total. The zero-order valence-corrected chi connectivity index (χ0v) is 18.7. The van der Waals surface area contributed by atoms with E-state index in [-0.39, 0.29) is 11.8 Å². The van der Waals surface area contributed by atoms with Gasteiger partial charge in [0.2, 0.25) is 0 Å². The van der Waals surface area contributed by atoms with E-state index < -0.39 is 5.91 Å². The monoisotopic (exact) mass is 501 g/mol. The lowest BCUT2D eigenvalue weighted by Crippen LogP contribution is -2.27. The van der Waals surface area contributed by atoms with E-state index in [1.165, 1.54) is 14.2 Å². The molecule has 1 heterocycles. The molecule has 28 heavy (non-hydrogen) atoms. The fourth-order valence-electron chi connectivity index (χ4n) is 2.65. The maximum atomic E-state index is 12.8. The van der Waals surface area contributed by atoms with Crippen molar-refractivity contribution in [2.75, 3.05) is 14.2 Å². The standard InChI is InChI=1S/C19H14BrCl2NO4S/c1-26-15-7-10(6-12(20)17(15)27-2)8-16-18(24)23(19(25)28-16)9-11-13(21)4-3-5-14(11)22/h3-8H,9H2,1-2H3/b16-8-. The second-order valence-electron chi connectivity index (χ2n) is 5.71. The minimum Gasteiger partial charge on any atom is -0.493 e. The highest BCUT2D eigenvalue weighted by Gasteiger charge is 2.35. The van der Waals surface area contributed by atoms with Gasteiger partial charge in [0.25, 0.3) is 11.1 Å². The van der Waals surface area contributed by atoms with Crippen molar-refractivity contribution in [3.05, 3.63) is 60.9 Å². The fraction of sp³-hybridized carbons (Fsp3) is 0.158. The van der Waals surface area contributed by atoms with Gasteiger partial charge in [0, 0.05) is 15.6 Å². The number of carbonyl (C=O) groups excluding carboxylic acids is 2. The highest BCUT2D eigenvalue weighted by molar-refractivity contribution is 9.10. The van der Waals surface area contributed by atoms with Crippen molar-refractivity contribution in [3.63, 3.8) is 0 Å². The third-order valence-electron chi connectivity index (χ3n) is 4.01. The topological polar surface area (TPSA) is 55.8 Å². The van der Waals surface area contributed by atoms with Gasteiger partial charge < -0.3 is 9.47 Å². The molecule has 9 heteroatoms. The number of rotatable bonds is 5. The van der Waals surface area contributed by atoms with Crippen molar-refractivity contribution in [3.8, 4) is 11.5 Å². The van der Waals surface area contributed by atoms with Crippen LogP contribution in [0.3, 0.4) is 0 Å². The first kappa shape index (κ1) is 21.0. The highest BCUT2D eigenvalue weighted by Crippen LogP contribution is 2.39. The number of amides is 2. The average molecular weight is 503 g/mol. The van der Waals surface area contributed by atoms with Gasteiger partial charge in [-0.25, -0.2) is 0 Å². The molecule has 1 aliphatic heterocycles. The van der Waals surface area contributed by atoms with Gasteiger partial charge in [0.05, 0.1) is 30.1 Å². The van der Waals surface area contributed by atoms with Crippen LogP contribution in [-0.4, -0.2) is 30.3 Å². The maximum Gasteiger partial charge on any atom is 0.293 e. The Labute approximate surface area is 184 Å². The van der Waals surface area contributed by atoms with Crippen molar-refractivity contribution < 1.29 is 19.1 Å². The molecule has 0 saturated carbocycles. The van der Waals surface area contributed by atoms with Crippen molar-refractivity contribution in [2.45, 2.75) is 6.54 Å². The Bertz CT molecular complexity index is 976. The minimum absolute atomic E-state index is 0.0101. The third kappa shape index (κ3) is 4.17. The molecule has 3 rings (SSSR count). The van der Waals surface area contributed by atoms with Crippen molar-refractivity contribution in [1.82, 2.24) is 4.90 Å². The van der Waals surface area contributed by atoms with E-state index in [0.29, 0.717) is 42.0 Å². The first-order valence-corrected chi connectivity index (χ1v) is 10.3. The number of hydrogen-bond acceptors (Lipinski definition) is 5. The Hall–Kier alpha value is -1.67. The highest BCUT2D eigenvalue weighted by atomic mass is 79.9. The summed E-state index contributed by atoms with van der Waals surface area (Å²) >= 11 is 16.6. The summed E-state index contributed by atoms with van der Waals surface area (Å²) < 4.78 is 11.3. The molecule has 2 aromatic carbocycles. The van der Waals surface area contributed by atoms with Gasteiger partial charge in [-0.1, -0.05) is 29.3 Å². The molecule has 0 radical (unpaired) electrons. The summed E-state index contributed by atoms with van der Waals surface area (Å²) in [6.45, 7) is 0.0101. The molecule has 1 aliphatic rings. The largest absolute Gasteiger partial charge is 0.493 e. The van der Waals surface area contributed by atoms with E-state index >= 15 is 0 Å². The number of imide groups is 1. The van der Waals surface area contributed by atoms with Crippen LogP contribution >= 0.6 is 50.9 Å². The summed E-state index contributed by atoms with van der Waals surface area (Å²) in [7, 11) is 3.06. The van der Waals surface area contributed by atoms with Crippen LogP contribution in [0, 0.1) is 0 Å². The van der Waals surface area contributed by atoms with Crippen LogP contribution in [-0.2, 0) is 11.3 Å². The molecule has 0 atom stereocenters. The average Bonchev–Trinajstić information content (AvgIpc) is 2.91. The number of methoxy groups -OCH3 is 2. The summed E-state index contributed by atoms with van der Waals surface area (Å²) in [5.41, 5.74) is 1.22. The number of benzene rings is 2. The van der Waals surface area contributed by atoms with Crippen LogP contribution in [0.5, 0.6) is 11.5 Å². The predicted molar refractivity (Wildman–Crippen MR) is 115 cm³/mol. The van der Waals surface area contributed by atoms with Crippen molar-refractivity contribution in [1.29, 1.82) is 0 Å². The van der Waals surface area contributed by atoms with Gasteiger partial charge in [0.1, 0.15) is 0 Å². The molecule has 0 bridgehead atoms. The third-order valence-corrected chi connectivity index (χ3v) is 6.21. The van der Waals surface area contributed by atoms with Crippen LogP contribution in [0.1, 0.15) is 11.1 Å². The number of thioether (sulfide) groups is 1. The SMILES string of the molecule is COc1cc(/C=C2\SC(=O)N(Cc3c(Cl)cccc3Cl)C2=O)cc(Br)c1OC. The van der Waals surface area contributed by atoms with E-state index in [0.717, 1.165) is 16.7 Å². The molecule has 0 unspecified atom stereocenters. The quantitative estimate of drug-likeness (QED) is 0.468. The normalized spacial score (nSPS) is 15.5. The van der Waals surface area contributed by atoms with Gasteiger partial charge in [-0.3, -0.25) is 14.5 Å². The molecule has 146 valence electrons. The molecular weight excluding hydrogens is 489 g/mol. The summed E-state index contributed by atoms with van der Waals surface area (Å²) in [6, 6.07) is 8.54. The second-order valence-corrected chi connectivity index (χ2v) is 8.37. The number of hydrogen-bond donors (Lipinski definition) is 0. The Kier molecular flexibility index (Phi) is 6.60. The molecular formula is C19H14BrCl2NO4S. The summed E-state index contributed by atoms with van der Waals surface area (Å²) in [4.78, 5) is 26.6. The van der Waals surface area contributed by atoms with Gasteiger partial charge in [-0.2, -0.15) is 0 Å². The smallest absolute Gasteiger partial charge is 0.293 e. The van der Waals surface area contributed by atoms with E-state index in [9.17, 15) is 9.59 Å². The second kappa shape index (κ2) is 8.78. The molecule has 0 aromatic heterocycles. The number of ether oxygens (including phenoxy) is 2. The Morgan fingerprint density at radius 3 is 2.43 bits per heavy atom. The Morgan fingerprint density at radius 2 is 1.82 bits per heavy atom. The van der Waals surface area contributed by atoms with Gasteiger partial charge in [-0.05, 0) is 63.6 Å². The predicted octanol–water partition coefficient (Wildman–Crippen LogP) is 6.01. The zero-order valence-electron chi connectivity index (χ0n) is 14.8. The van der Waals surface area contributed by atoms with Crippen molar-refractivity contribution >= 4 is 68.1 Å². The van der Waals surface area contributed by atoms with E-state index in [4.69, 9.17) is 32.7 Å². The Balaban J connectivity index is 1.90. The summed E-state index contributed by atoms with van der Waals surface area (Å²) in [6.07, 6.45) is 1.63. The fourth-order valence-corrected chi connectivity index (χ4v) is 4.63. The lowest BCUT2D eigenvalue weighted by atomic mass is 10.1. The molecule has 0 spiro atoms. The maximum absolute atomic E-state index is 12.8. The molecule has 1 saturated heterocycles. The van der Waals surface area contributed by atoms with Crippen LogP contribution < -0.4 is 9.47 Å². The Morgan fingerprint density at radius 1 is 1.14 bits per heavy atom. The minimum atomic E-state index is -0.406. The lowest BCUT2D eigenvalue weighted by molar-refractivity contribution is -0.123. The summed E-state index contributed by atoms with van der Waals surface area (Å²) in [5, 5.41) is 0.422. The van der Waals surface area contributed by atoms with Gasteiger partial charge in [-0.15, -0.1) is 0 Å². The van der Waals surface area contributed by atoms with E-state index in [2.05, 4.69) is 15.9 Å². The molecule has 0 N–H and O–H groups in total. The van der Waals surface area contributed by atoms with Gasteiger partial charge >= 0.3 is 0 Å². The molecule has 1 fully saturated rings. The van der Waals surface area contributed by atoms with Gasteiger partial charge in [0.15, 0.2) is 11.5 Å². The van der Waals surface area contributed by atoms with Crippen LogP contribution in [0.4, 0.5) is 4.79 Å². The van der Waals surface area contributed by atoms with Crippen LogP contribution in [0.2, 0.25) is 10.0 Å². The van der Waals surface area contributed by atoms with E-state index in [1.54, 1.807) is 36.4 Å². The molecule has 2 amide bonds. The first-order valence-electron chi connectivity index (χ1n) is 7.95. The lowest BCUT2D eigenvalue weighted by Gasteiger charge is -2.14. The number of nitrogens with zero attached hydrogens (tertiary/aromatic N) is 1. The van der Waals surface area contributed by atoms with E-state index in [1.807, 2.05) is 0 Å². The number of carbonyl (C=O) groups is 2. The zero-order chi connectivity index (χ0) is 20.4. The first-order chi connectivity index (χ1) is 13.3. The number of halogens is 3. The van der Waals surface area contributed by atoms with Crippen molar-refractivity contribution in [2.24, 2.45) is 0 Å². The van der Waals surface area contributed by atoms with Crippen LogP contribution in [0.15, 0.2) is 39.7 Å². The molecule has 0 aliphatic carbocycles. The summed E-state index contributed by atoms with van der Waals surface area (Å²) in [5.74, 6) is 0.642.